The molecule has 9 heteroatoms. The van der Waals surface area contributed by atoms with Crippen LogP contribution in [0.25, 0.3) is 0 Å². The first-order valence-corrected chi connectivity index (χ1v) is 9.07. The summed E-state index contributed by atoms with van der Waals surface area (Å²) in [7, 11) is -0.841. The van der Waals surface area contributed by atoms with Gasteiger partial charge in [0.05, 0.1) is 6.54 Å². The number of carbonyl (C=O) groups is 2. The Kier molecular flexibility index (Phi) is 6.55. The van der Waals surface area contributed by atoms with Gasteiger partial charge < -0.3 is 9.64 Å². The van der Waals surface area contributed by atoms with Crippen LogP contribution in [0.4, 0.5) is 0 Å². The van der Waals surface area contributed by atoms with Crippen LogP contribution < -0.4 is 4.72 Å². The average Bonchev–Trinajstić information content (AvgIpc) is 2.43. The first kappa shape index (κ1) is 19.9. The minimum atomic E-state index is -3.93. The Bertz CT molecular complexity index is 539. The fraction of sp³-hybridized carbons (Fsp3) is 0.857. The molecule has 1 amide bonds. The van der Waals surface area contributed by atoms with Gasteiger partial charge in [0.1, 0.15) is 11.6 Å². The van der Waals surface area contributed by atoms with E-state index in [0.29, 0.717) is 12.8 Å². The van der Waals surface area contributed by atoms with Crippen molar-refractivity contribution in [3.05, 3.63) is 0 Å². The highest BCUT2D eigenvalue weighted by atomic mass is 32.2. The number of carbonyl (C=O) groups excluding carboxylic acids is 2. The van der Waals surface area contributed by atoms with Crippen molar-refractivity contribution in [3.8, 4) is 0 Å². The highest BCUT2D eigenvalue weighted by molar-refractivity contribution is 7.87. The number of hydrogen-bond donors (Lipinski definition) is 1. The van der Waals surface area contributed by atoms with E-state index < -0.39 is 27.8 Å². The van der Waals surface area contributed by atoms with Crippen LogP contribution in [0.2, 0.25) is 0 Å². The summed E-state index contributed by atoms with van der Waals surface area (Å²) in [4.78, 5) is 25.1. The quantitative estimate of drug-likeness (QED) is 0.711. The molecule has 0 radical (unpaired) electrons. The summed E-state index contributed by atoms with van der Waals surface area (Å²) in [6, 6.07) is -0.852. The molecule has 0 aromatic carbocycles. The zero-order valence-corrected chi connectivity index (χ0v) is 15.3. The maximum absolute atomic E-state index is 12.4. The van der Waals surface area contributed by atoms with Gasteiger partial charge in [-0.25, -0.2) is 0 Å². The lowest BCUT2D eigenvalue weighted by atomic mass is 10.0. The molecule has 1 unspecified atom stereocenters. The van der Waals surface area contributed by atoms with E-state index >= 15 is 0 Å². The van der Waals surface area contributed by atoms with Crippen molar-refractivity contribution in [1.82, 2.24) is 13.9 Å². The zero-order chi connectivity index (χ0) is 17.8. The van der Waals surface area contributed by atoms with Gasteiger partial charge in [0, 0.05) is 20.6 Å². The van der Waals surface area contributed by atoms with Crippen molar-refractivity contribution in [1.29, 1.82) is 0 Å². The van der Waals surface area contributed by atoms with E-state index in [4.69, 9.17) is 4.74 Å². The third kappa shape index (κ3) is 6.08. The van der Waals surface area contributed by atoms with Gasteiger partial charge in [0.25, 0.3) is 10.2 Å². The molecule has 8 nitrogen and oxygen atoms in total. The van der Waals surface area contributed by atoms with Crippen LogP contribution in [0.5, 0.6) is 0 Å². The minimum absolute atomic E-state index is 0.232. The van der Waals surface area contributed by atoms with E-state index in [9.17, 15) is 18.0 Å². The van der Waals surface area contributed by atoms with Crippen molar-refractivity contribution in [3.63, 3.8) is 0 Å². The fourth-order valence-corrected chi connectivity index (χ4v) is 3.56. The molecule has 1 aliphatic rings. The summed E-state index contributed by atoms with van der Waals surface area (Å²) in [5, 5.41) is 0. The van der Waals surface area contributed by atoms with Crippen molar-refractivity contribution >= 4 is 22.1 Å². The lowest BCUT2D eigenvalue weighted by Gasteiger charge is -2.34. The summed E-state index contributed by atoms with van der Waals surface area (Å²) in [6.45, 7) is 5.10. The van der Waals surface area contributed by atoms with Crippen LogP contribution in [0.15, 0.2) is 0 Å². The van der Waals surface area contributed by atoms with E-state index in [1.54, 1.807) is 34.9 Å². The molecule has 1 rings (SSSR count). The number of piperidine rings is 1. The minimum Gasteiger partial charge on any atom is -0.459 e. The van der Waals surface area contributed by atoms with E-state index in [0.717, 1.165) is 10.7 Å². The molecule has 23 heavy (non-hydrogen) atoms. The SMILES string of the molecule is CN(C)C(=O)CNS(=O)(=O)N1CCCCC1C(=O)OC(C)(C)C. The van der Waals surface area contributed by atoms with Crippen LogP contribution >= 0.6 is 0 Å². The normalized spacial score (nSPS) is 20.1. The van der Waals surface area contributed by atoms with Gasteiger partial charge >= 0.3 is 5.97 Å². The molecule has 0 aliphatic carbocycles. The fourth-order valence-electron chi connectivity index (χ4n) is 2.19. The number of amides is 1. The number of rotatable bonds is 5. The average molecular weight is 349 g/mol. The summed E-state index contributed by atoms with van der Waals surface area (Å²) < 4.78 is 33.5. The largest absolute Gasteiger partial charge is 0.459 e. The van der Waals surface area contributed by atoms with Gasteiger partial charge in [0.15, 0.2) is 0 Å². The van der Waals surface area contributed by atoms with Crippen LogP contribution in [-0.2, 0) is 24.5 Å². The van der Waals surface area contributed by atoms with Gasteiger partial charge in [-0.05, 0) is 40.0 Å². The zero-order valence-electron chi connectivity index (χ0n) is 14.5. The van der Waals surface area contributed by atoms with E-state index in [-0.39, 0.29) is 19.0 Å². The van der Waals surface area contributed by atoms with Crippen LogP contribution in [0, 0.1) is 0 Å². The van der Waals surface area contributed by atoms with Crippen LogP contribution in [0.3, 0.4) is 0 Å². The van der Waals surface area contributed by atoms with Crippen molar-refractivity contribution in [2.24, 2.45) is 0 Å². The number of esters is 1. The van der Waals surface area contributed by atoms with E-state index in [2.05, 4.69) is 4.72 Å². The topological polar surface area (TPSA) is 96.0 Å². The monoisotopic (exact) mass is 349 g/mol. The predicted molar refractivity (Wildman–Crippen MR) is 85.8 cm³/mol. The first-order valence-electron chi connectivity index (χ1n) is 7.63. The summed E-state index contributed by atoms with van der Waals surface area (Å²) in [6.07, 6.45) is 1.84. The second-order valence-electron chi connectivity index (χ2n) is 6.77. The molecular weight excluding hydrogens is 322 g/mol. The maximum atomic E-state index is 12.4. The summed E-state index contributed by atoms with van der Waals surface area (Å²) in [5.74, 6) is -0.916. The standard InChI is InChI=1S/C14H27N3O5S/c1-14(2,3)22-13(19)11-8-6-7-9-17(11)23(20,21)15-10-12(18)16(4)5/h11,15H,6-10H2,1-5H3. The Morgan fingerprint density at radius 1 is 1.26 bits per heavy atom. The molecule has 0 bridgehead atoms. The second-order valence-corrected chi connectivity index (χ2v) is 8.48. The smallest absolute Gasteiger partial charge is 0.325 e. The number of likely N-dealkylation sites (N-methyl/N-ethyl adjacent to an activating group) is 1. The van der Waals surface area contributed by atoms with Crippen LogP contribution in [-0.4, -0.2) is 68.3 Å². The third-order valence-electron chi connectivity index (χ3n) is 3.35. The van der Waals surface area contributed by atoms with Gasteiger partial charge in [0.2, 0.25) is 5.91 Å². The van der Waals surface area contributed by atoms with Gasteiger partial charge in [-0.2, -0.15) is 17.4 Å². The number of ether oxygens (including phenoxy) is 1. The highest BCUT2D eigenvalue weighted by Crippen LogP contribution is 2.22. The number of hydrogen-bond acceptors (Lipinski definition) is 5. The second kappa shape index (κ2) is 7.59. The van der Waals surface area contributed by atoms with Crippen molar-refractivity contribution < 1.29 is 22.7 Å². The molecule has 0 spiro atoms. The lowest BCUT2D eigenvalue weighted by Crippen LogP contribution is -2.54. The third-order valence-corrected chi connectivity index (χ3v) is 4.91. The Morgan fingerprint density at radius 3 is 2.39 bits per heavy atom. The summed E-state index contributed by atoms with van der Waals surface area (Å²) >= 11 is 0. The van der Waals surface area contributed by atoms with Gasteiger partial charge in [-0.3, -0.25) is 9.59 Å². The predicted octanol–water partition coefficient (Wildman–Crippen LogP) is 0.105. The van der Waals surface area contributed by atoms with Gasteiger partial charge in [-0.15, -0.1) is 0 Å². The number of nitrogens with zero attached hydrogens (tertiary/aromatic N) is 2. The first-order chi connectivity index (χ1) is 10.4. The summed E-state index contributed by atoms with van der Waals surface area (Å²) in [5.41, 5.74) is -0.682. The molecule has 1 N–H and O–H groups in total. The number of nitrogens with one attached hydrogen (secondary N) is 1. The molecular formula is C14H27N3O5S. The highest BCUT2D eigenvalue weighted by Gasteiger charge is 2.39. The maximum Gasteiger partial charge on any atom is 0.325 e. The Balaban J connectivity index is 2.84. The van der Waals surface area contributed by atoms with E-state index in [1.807, 2.05) is 0 Å². The molecule has 1 atom stereocenters. The Morgan fingerprint density at radius 2 is 1.87 bits per heavy atom. The molecule has 0 aromatic heterocycles. The molecule has 1 saturated heterocycles. The molecule has 0 aromatic rings. The van der Waals surface area contributed by atoms with Gasteiger partial charge in [-0.1, -0.05) is 0 Å². The molecule has 1 heterocycles. The van der Waals surface area contributed by atoms with Crippen LogP contribution in [0.1, 0.15) is 40.0 Å². The Labute approximate surface area is 138 Å². The Hall–Kier alpha value is -1.19. The lowest BCUT2D eigenvalue weighted by molar-refractivity contribution is -0.160. The molecule has 1 fully saturated rings. The van der Waals surface area contributed by atoms with Crippen molar-refractivity contribution in [2.45, 2.75) is 51.7 Å². The molecule has 1 aliphatic heterocycles. The molecule has 0 saturated carbocycles. The van der Waals surface area contributed by atoms with E-state index in [1.165, 1.54) is 4.90 Å². The molecule has 134 valence electrons. The van der Waals surface area contributed by atoms with Crippen molar-refractivity contribution in [2.75, 3.05) is 27.2 Å².